The highest BCUT2D eigenvalue weighted by molar-refractivity contribution is 6.10. The molecule has 0 unspecified atom stereocenters. The van der Waals surface area contributed by atoms with Crippen LogP contribution in [0.5, 0.6) is 0 Å². The van der Waals surface area contributed by atoms with Crippen molar-refractivity contribution in [3.8, 4) is 22.4 Å². The number of rotatable bonds is 5. The number of anilines is 1. The van der Waals surface area contributed by atoms with Crippen LogP contribution in [0.3, 0.4) is 0 Å². The zero-order valence-electron chi connectivity index (χ0n) is 17.7. The van der Waals surface area contributed by atoms with Crippen LogP contribution in [0.1, 0.15) is 15.9 Å². The van der Waals surface area contributed by atoms with E-state index >= 15 is 0 Å². The van der Waals surface area contributed by atoms with Gasteiger partial charge in [-0.05, 0) is 41.0 Å². The van der Waals surface area contributed by atoms with Gasteiger partial charge in [-0.15, -0.1) is 0 Å². The van der Waals surface area contributed by atoms with Crippen molar-refractivity contribution >= 4 is 22.6 Å². The zero-order chi connectivity index (χ0) is 22.1. The zero-order valence-corrected chi connectivity index (χ0v) is 17.7. The van der Waals surface area contributed by atoms with Crippen LogP contribution in [0.2, 0.25) is 0 Å². The van der Waals surface area contributed by atoms with E-state index in [0.29, 0.717) is 30.8 Å². The fourth-order valence-corrected chi connectivity index (χ4v) is 4.30. The van der Waals surface area contributed by atoms with Crippen LogP contribution in [0.4, 0.5) is 5.82 Å². The quantitative estimate of drug-likeness (QED) is 0.453. The molecule has 0 atom stereocenters. The molecule has 0 saturated carbocycles. The Balaban J connectivity index is 1.60. The minimum Gasteiger partial charge on any atom is -0.378 e. The lowest BCUT2D eigenvalue weighted by Gasteiger charge is -2.27. The number of benzene rings is 2. The molecule has 2 aromatic carbocycles. The summed E-state index contributed by atoms with van der Waals surface area (Å²) in [5.41, 5.74) is 17.7. The topological polar surface area (TPSA) is 110 Å². The van der Waals surface area contributed by atoms with Gasteiger partial charge in [-0.2, -0.15) is 0 Å². The summed E-state index contributed by atoms with van der Waals surface area (Å²) in [6.45, 7) is 3.54. The van der Waals surface area contributed by atoms with E-state index in [9.17, 15) is 4.79 Å². The van der Waals surface area contributed by atoms with E-state index in [-0.39, 0.29) is 0 Å². The Morgan fingerprint density at radius 3 is 2.59 bits per heavy atom. The van der Waals surface area contributed by atoms with Crippen molar-refractivity contribution in [1.29, 1.82) is 0 Å². The SMILES string of the molecule is NCc1ccccc1-c1ccc(C(N)=O)c2[nH]c(-c3ccc(N4CCOCC4)nc3)cc12. The number of fused-ring (bicyclic) bond motifs is 1. The molecule has 7 heteroatoms. The average molecular weight is 428 g/mol. The van der Waals surface area contributed by atoms with Crippen molar-refractivity contribution < 1.29 is 9.53 Å². The second kappa shape index (κ2) is 8.45. The standard InChI is InChI=1S/C25H25N5O2/c26-14-16-3-1-2-4-18(16)19-6-7-20(25(27)31)24-21(19)13-22(29-24)17-5-8-23(28-15-17)30-9-11-32-12-10-30/h1-8,13,15,29H,9-12,14,26H2,(H2,27,31). The Hall–Kier alpha value is -3.68. The van der Waals surface area contributed by atoms with Gasteiger partial charge in [-0.1, -0.05) is 30.3 Å². The molecule has 5 rings (SSSR count). The number of H-pyrrole nitrogens is 1. The predicted octanol–water partition coefficient (Wildman–Crippen LogP) is 3.29. The molecule has 0 aliphatic carbocycles. The summed E-state index contributed by atoms with van der Waals surface area (Å²) >= 11 is 0. The van der Waals surface area contributed by atoms with E-state index in [1.165, 1.54) is 0 Å². The highest BCUT2D eigenvalue weighted by atomic mass is 16.5. The van der Waals surface area contributed by atoms with Crippen LogP contribution in [0, 0.1) is 0 Å². The van der Waals surface area contributed by atoms with E-state index in [2.05, 4.69) is 20.9 Å². The molecular formula is C25H25N5O2. The van der Waals surface area contributed by atoms with Crippen molar-refractivity contribution in [2.45, 2.75) is 6.54 Å². The van der Waals surface area contributed by atoms with E-state index in [1.54, 1.807) is 6.07 Å². The number of nitrogens with zero attached hydrogens (tertiary/aromatic N) is 2. The van der Waals surface area contributed by atoms with Gasteiger partial charge < -0.3 is 26.1 Å². The van der Waals surface area contributed by atoms with Crippen LogP contribution in [0.25, 0.3) is 33.3 Å². The van der Waals surface area contributed by atoms with Crippen molar-refractivity contribution in [2.24, 2.45) is 11.5 Å². The molecule has 3 heterocycles. The molecule has 0 radical (unpaired) electrons. The van der Waals surface area contributed by atoms with Crippen LogP contribution in [-0.4, -0.2) is 42.2 Å². The Labute approximate surface area is 186 Å². The molecule has 2 aromatic heterocycles. The Bertz CT molecular complexity index is 1270. The molecule has 7 nitrogen and oxygen atoms in total. The highest BCUT2D eigenvalue weighted by Gasteiger charge is 2.17. The van der Waals surface area contributed by atoms with Crippen molar-refractivity contribution in [2.75, 3.05) is 31.2 Å². The molecule has 1 amide bonds. The molecule has 1 aliphatic rings. The average Bonchev–Trinajstić information content (AvgIpc) is 3.29. The van der Waals surface area contributed by atoms with Gasteiger partial charge in [0.2, 0.25) is 0 Å². The number of aromatic amines is 1. The minimum absolute atomic E-state index is 0.430. The predicted molar refractivity (Wildman–Crippen MR) is 126 cm³/mol. The second-order valence-electron chi connectivity index (χ2n) is 7.86. The molecule has 5 N–H and O–H groups in total. The number of aromatic nitrogens is 2. The summed E-state index contributed by atoms with van der Waals surface area (Å²) in [6, 6.07) is 17.9. The fraction of sp³-hybridized carbons (Fsp3) is 0.200. The second-order valence-corrected chi connectivity index (χ2v) is 7.86. The van der Waals surface area contributed by atoms with Crippen LogP contribution in [-0.2, 0) is 11.3 Å². The maximum absolute atomic E-state index is 12.1. The number of morpholine rings is 1. The fourth-order valence-electron chi connectivity index (χ4n) is 4.30. The third-order valence-electron chi connectivity index (χ3n) is 5.98. The van der Waals surface area contributed by atoms with Gasteiger partial charge in [0, 0.05) is 42.5 Å². The van der Waals surface area contributed by atoms with E-state index in [0.717, 1.165) is 52.2 Å². The number of ether oxygens (including phenoxy) is 1. The third-order valence-corrected chi connectivity index (χ3v) is 5.98. The summed E-state index contributed by atoms with van der Waals surface area (Å²) in [6.07, 6.45) is 1.85. The summed E-state index contributed by atoms with van der Waals surface area (Å²) < 4.78 is 5.42. The molecule has 0 spiro atoms. The Kier molecular flexibility index (Phi) is 5.34. The first-order valence-corrected chi connectivity index (χ1v) is 10.7. The van der Waals surface area contributed by atoms with Crippen molar-refractivity contribution in [3.05, 3.63) is 71.9 Å². The van der Waals surface area contributed by atoms with Crippen molar-refractivity contribution in [1.82, 2.24) is 9.97 Å². The molecule has 4 aromatic rings. The number of carbonyl (C=O) groups excluding carboxylic acids is 1. The first-order valence-electron chi connectivity index (χ1n) is 10.7. The van der Waals surface area contributed by atoms with Crippen molar-refractivity contribution in [3.63, 3.8) is 0 Å². The molecular weight excluding hydrogens is 402 g/mol. The maximum atomic E-state index is 12.1. The molecule has 32 heavy (non-hydrogen) atoms. The molecule has 1 aliphatic heterocycles. The number of nitrogens with two attached hydrogens (primary N) is 2. The summed E-state index contributed by atoms with van der Waals surface area (Å²) in [5.74, 6) is 0.464. The normalized spacial score (nSPS) is 14.1. The monoisotopic (exact) mass is 427 g/mol. The van der Waals surface area contributed by atoms with Gasteiger partial charge in [0.1, 0.15) is 5.82 Å². The molecule has 0 bridgehead atoms. The highest BCUT2D eigenvalue weighted by Crippen LogP contribution is 2.35. The van der Waals surface area contributed by atoms with E-state index in [4.69, 9.17) is 16.2 Å². The van der Waals surface area contributed by atoms with Gasteiger partial charge >= 0.3 is 0 Å². The Morgan fingerprint density at radius 2 is 1.88 bits per heavy atom. The lowest BCUT2D eigenvalue weighted by molar-refractivity contribution is 0.100. The number of amides is 1. The van der Waals surface area contributed by atoms with Gasteiger partial charge in [0.15, 0.2) is 0 Å². The first kappa shape index (κ1) is 20.2. The lowest BCUT2D eigenvalue weighted by Crippen LogP contribution is -2.36. The van der Waals surface area contributed by atoms with Crippen LogP contribution < -0.4 is 16.4 Å². The van der Waals surface area contributed by atoms with Gasteiger partial charge in [-0.3, -0.25) is 4.79 Å². The first-order chi connectivity index (χ1) is 15.7. The van der Waals surface area contributed by atoms with Gasteiger partial charge in [0.25, 0.3) is 5.91 Å². The van der Waals surface area contributed by atoms with E-state index in [1.807, 2.05) is 48.7 Å². The summed E-state index contributed by atoms with van der Waals surface area (Å²) in [5, 5.41) is 0.925. The minimum atomic E-state index is -0.470. The maximum Gasteiger partial charge on any atom is 0.250 e. The number of nitrogens with one attached hydrogen (secondary N) is 1. The van der Waals surface area contributed by atoms with Gasteiger partial charge in [0.05, 0.1) is 24.3 Å². The number of primary amides is 1. The molecule has 162 valence electrons. The number of hydrogen-bond donors (Lipinski definition) is 3. The van der Waals surface area contributed by atoms with Crippen LogP contribution >= 0.6 is 0 Å². The summed E-state index contributed by atoms with van der Waals surface area (Å²) in [7, 11) is 0. The number of hydrogen-bond acceptors (Lipinski definition) is 5. The third kappa shape index (κ3) is 3.62. The number of carbonyl (C=O) groups is 1. The van der Waals surface area contributed by atoms with Gasteiger partial charge in [-0.25, -0.2) is 4.98 Å². The van der Waals surface area contributed by atoms with E-state index < -0.39 is 5.91 Å². The molecule has 1 saturated heterocycles. The Morgan fingerprint density at radius 1 is 1.06 bits per heavy atom. The lowest BCUT2D eigenvalue weighted by atomic mass is 9.95. The smallest absolute Gasteiger partial charge is 0.250 e. The largest absolute Gasteiger partial charge is 0.378 e. The number of pyridine rings is 1. The molecule has 1 fully saturated rings. The van der Waals surface area contributed by atoms with Crippen LogP contribution in [0.15, 0.2) is 60.8 Å². The summed E-state index contributed by atoms with van der Waals surface area (Å²) in [4.78, 5) is 22.4.